The molecule has 1 fully saturated rings. The molecule has 0 unspecified atom stereocenters. The van der Waals surface area contributed by atoms with E-state index in [9.17, 15) is 18.0 Å². The summed E-state index contributed by atoms with van der Waals surface area (Å²) >= 11 is 0. The van der Waals surface area contributed by atoms with Crippen molar-refractivity contribution < 1.29 is 22.7 Å². The van der Waals surface area contributed by atoms with Gasteiger partial charge in [0.2, 0.25) is 11.8 Å². The second kappa shape index (κ2) is 14.9. The quantitative estimate of drug-likeness (QED) is 0.282. The van der Waals surface area contributed by atoms with Crippen LogP contribution >= 0.6 is 0 Å². The molecule has 1 aliphatic rings. The predicted molar refractivity (Wildman–Crippen MR) is 165 cm³/mol. The Morgan fingerprint density at radius 1 is 0.881 bits per heavy atom. The lowest BCUT2D eigenvalue weighted by molar-refractivity contribution is -0.140. The smallest absolute Gasteiger partial charge is 0.264 e. The van der Waals surface area contributed by atoms with Crippen LogP contribution < -0.4 is 14.4 Å². The molecule has 8 nitrogen and oxygen atoms in total. The van der Waals surface area contributed by atoms with E-state index in [0.29, 0.717) is 24.5 Å². The first-order valence-corrected chi connectivity index (χ1v) is 16.2. The summed E-state index contributed by atoms with van der Waals surface area (Å²) in [7, 11) is -4.11. The van der Waals surface area contributed by atoms with Crippen molar-refractivity contribution in [3.63, 3.8) is 0 Å². The fourth-order valence-corrected chi connectivity index (χ4v) is 6.80. The van der Waals surface area contributed by atoms with Crippen LogP contribution in [0, 0.1) is 0 Å². The van der Waals surface area contributed by atoms with E-state index in [2.05, 4.69) is 5.32 Å². The second-order valence-electron chi connectivity index (χ2n) is 10.5. The fourth-order valence-electron chi connectivity index (χ4n) is 5.37. The Balaban J connectivity index is 1.68. The van der Waals surface area contributed by atoms with Gasteiger partial charge in [0.05, 0.1) is 17.2 Å². The molecule has 1 saturated carbocycles. The molecular formula is C33H41N3O5S. The summed E-state index contributed by atoms with van der Waals surface area (Å²) in [5, 5.41) is 3.17. The number of carbonyl (C=O) groups is 2. The van der Waals surface area contributed by atoms with Gasteiger partial charge >= 0.3 is 0 Å². The molecule has 9 heteroatoms. The van der Waals surface area contributed by atoms with Gasteiger partial charge in [-0.25, -0.2) is 8.42 Å². The van der Waals surface area contributed by atoms with E-state index in [-0.39, 0.29) is 23.4 Å². The van der Waals surface area contributed by atoms with Gasteiger partial charge in [-0.3, -0.25) is 13.9 Å². The Labute approximate surface area is 249 Å². The highest BCUT2D eigenvalue weighted by Gasteiger charge is 2.34. The number of nitrogens with zero attached hydrogens (tertiary/aromatic N) is 2. The van der Waals surface area contributed by atoms with Crippen molar-refractivity contribution in [2.45, 2.75) is 75.9 Å². The van der Waals surface area contributed by atoms with E-state index in [1.165, 1.54) is 23.5 Å². The van der Waals surface area contributed by atoms with Crippen LogP contribution in [0.2, 0.25) is 0 Å². The summed E-state index contributed by atoms with van der Waals surface area (Å²) in [6.07, 6.45) is 5.56. The number of rotatable bonds is 13. The molecule has 0 saturated heterocycles. The van der Waals surface area contributed by atoms with Crippen molar-refractivity contribution in [1.82, 2.24) is 10.2 Å². The number of carbonyl (C=O) groups excluding carboxylic acids is 2. The zero-order chi connectivity index (χ0) is 30.0. The fraction of sp³-hybridized carbons (Fsp3) is 0.394. The van der Waals surface area contributed by atoms with Crippen molar-refractivity contribution in [1.29, 1.82) is 0 Å². The first-order chi connectivity index (χ1) is 20.3. The number of hydrogen-bond acceptors (Lipinski definition) is 5. The molecule has 2 amide bonds. The lowest BCUT2D eigenvalue weighted by Crippen LogP contribution is -2.54. The van der Waals surface area contributed by atoms with E-state index < -0.39 is 28.5 Å². The molecule has 3 aromatic carbocycles. The molecule has 1 atom stereocenters. The van der Waals surface area contributed by atoms with E-state index in [0.717, 1.165) is 35.6 Å². The molecule has 0 spiro atoms. The standard InChI is InChI=1S/C33H41N3O5S/c1-3-31(33(38)34-27-16-10-6-11-17-27)35(24-26-14-8-5-9-15-26)32(37)25-36(28-20-22-29(23-21-28)41-4-2)42(39,40)30-18-12-7-13-19-30/h5,7-9,12-15,18-23,27,31H,3-4,6,10-11,16-17,24-25H2,1-2H3,(H,34,38)/t31-/m1/s1. The molecule has 3 aromatic rings. The molecule has 0 heterocycles. The van der Waals surface area contributed by atoms with Gasteiger partial charge < -0.3 is 15.0 Å². The first-order valence-electron chi connectivity index (χ1n) is 14.8. The molecule has 4 rings (SSSR count). The van der Waals surface area contributed by atoms with E-state index >= 15 is 0 Å². The SMILES string of the molecule is CCOc1ccc(N(CC(=O)N(Cc2ccccc2)[C@H](CC)C(=O)NC2CCCCC2)S(=O)(=O)c2ccccc2)cc1. The first kappa shape index (κ1) is 31.1. The van der Waals surface area contributed by atoms with Crippen molar-refractivity contribution in [3.05, 3.63) is 90.5 Å². The summed E-state index contributed by atoms with van der Waals surface area (Å²) in [6, 6.07) is 23.5. The van der Waals surface area contributed by atoms with Crippen molar-refractivity contribution in [2.75, 3.05) is 17.5 Å². The molecule has 0 aliphatic heterocycles. The summed E-state index contributed by atoms with van der Waals surface area (Å²) in [5.41, 5.74) is 1.18. The third kappa shape index (κ3) is 7.91. The zero-order valence-corrected chi connectivity index (χ0v) is 25.3. The molecule has 1 aliphatic carbocycles. The second-order valence-corrected chi connectivity index (χ2v) is 12.4. The largest absolute Gasteiger partial charge is 0.494 e. The zero-order valence-electron chi connectivity index (χ0n) is 24.4. The van der Waals surface area contributed by atoms with E-state index in [1.54, 1.807) is 42.5 Å². The predicted octanol–water partition coefficient (Wildman–Crippen LogP) is 5.54. The molecule has 42 heavy (non-hydrogen) atoms. The van der Waals surface area contributed by atoms with Crippen molar-refractivity contribution in [2.24, 2.45) is 0 Å². The highest BCUT2D eigenvalue weighted by molar-refractivity contribution is 7.92. The average molecular weight is 592 g/mol. The molecule has 0 bridgehead atoms. The van der Waals surface area contributed by atoms with Gasteiger partial charge in [-0.2, -0.15) is 0 Å². The molecule has 1 N–H and O–H groups in total. The topological polar surface area (TPSA) is 96.0 Å². The monoisotopic (exact) mass is 591 g/mol. The van der Waals surface area contributed by atoms with Crippen LogP contribution in [0.25, 0.3) is 0 Å². The van der Waals surface area contributed by atoms with Gasteiger partial charge in [0.15, 0.2) is 0 Å². The van der Waals surface area contributed by atoms with E-state index in [1.807, 2.05) is 44.2 Å². The summed E-state index contributed by atoms with van der Waals surface area (Å²) in [4.78, 5) is 29.4. The minimum atomic E-state index is -4.11. The Hall–Kier alpha value is -3.85. The maximum Gasteiger partial charge on any atom is 0.264 e. The van der Waals surface area contributed by atoms with Crippen LogP contribution in [0.15, 0.2) is 89.8 Å². The molecule has 224 valence electrons. The number of nitrogens with one attached hydrogen (secondary N) is 1. The average Bonchev–Trinajstić information content (AvgIpc) is 3.01. The number of amides is 2. The third-order valence-corrected chi connectivity index (χ3v) is 9.37. The number of benzene rings is 3. The molecular weight excluding hydrogens is 550 g/mol. The lowest BCUT2D eigenvalue weighted by Gasteiger charge is -2.34. The maximum absolute atomic E-state index is 14.2. The summed E-state index contributed by atoms with van der Waals surface area (Å²) < 4.78 is 34.5. The van der Waals surface area contributed by atoms with Crippen LogP contribution in [0.3, 0.4) is 0 Å². The molecule has 0 radical (unpaired) electrons. The summed E-state index contributed by atoms with van der Waals surface area (Å²) in [6.45, 7) is 3.93. The van der Waals surface area contributed by atoms with Crippen molar-refractivity contribution in [3.8, 4) is 5.75 Å². The van der Waals surface area contributed by atoms with Crippen molar-refractivity contribution >= 4 is 27.5 Å². The van der Waals surface area contributed by atoms with Gasteiger partial charge in [-0.05, 0) is 68.1 Å². The number of hydrogen-bond donors (Lipinski definition) is 1. The Kier molecular flexibility index (Phi) is 11.0. The number of sulfonamides is 1. The van der Waals surface area contributed by atoms with Gasteiger partial charge in [0.25, 0.3) is 10.0 Å². The highest BCUT2D eigenvalue weighted by atomic mass is 32.2. The molecule has 0 aromatic heterocycles. The minimum Gasteiger partial charge on any atom is -0.494 e. The third-order valence-electron chi connectivity index (χ3n) is 7.58. The highest BCUT2D eigenvalue weighted by Crippen LogP contribution is 2.27. The summed E-state index contributed by atoms with van der Waals surface area (Å²) in [5.74, 6) is -0.0640. The Bertz CT molecular complexity index is 1390. The number of anilines is 1. The van der Waals surface area contributed by atoms with Gasteiger partial charge in [-0.1, -0.05) is 74.7 Å². The maximum atomic E-state index is 14.2. The van der Waals surface area contributed by atoms with Gasteiger partial charge in [-0.15, -0.1) is 0 Å². The van der Waals surface area contributed by atoms with Crippen LogP contribution in [0.1, 0.15) is 57.9 Å². The van der Waals surface area contributed by atoms with Gasteiger partial charge in [0, 0.05) is 12.6 Å². The van der Waals surface area contributed by atoms with Crippen LogP contribution in [0.5, 0.6) is 5.75 Å². The van der Waals surface area contributed by atoms with Crippen LogP contribution in [0.4, 0.5) is 5.69 Å². The van der Waals surface area contributed by atoms with Gasteiger partial charge in [0.1, 0.15) is 18.3 Å². The van der Waals surface area contributed by atoms with Crippen LogP contribution in [-0.4, -0.2) is 50.4 Å². The number of ether oxygens (including phenoxy) is 1. The minimum absolute atomic E-state index is 0.0726. The lowest BCUT2D eigenvalue weighted by atomic mass is 9.95. The van der Waals surface area contributed by atoms with E-state index in [4.69, 9.17) is 4.74 Å². The Morgan fingerprint density at radius 3 is 2.10 bits per heavy atom. The van der Waals surface area contributed by atoms with Crippen LogP contribution in [-0.2, 0) is 26.2 Å². The Morgan fingerprint density at radius 2 is 1.50 bits per heavy atom. The normalized spacial score (nSPS) is 14.5.